The van der Waals surface area contributed by atoms with Crippen molar-refractivity contribution in [3.8, 4) is 11.3 Å². The molecule has 0 saturated heterocycles. The van der Waals surface area contributed by atoms with Gasteiger partial charge < -0.3 is 9.73 Å². The lowest BCUT2D eigenvalue weighted by Crippen LogP contribution is -2.07. The van der Waals surface area contributed by atoms with Gasteiger partial charge in [-0.1, -0.05) is 40.9 Å². The summed E-state index contributed by atoms with van der Waals surface area (Å²) >= 11 is 17.9. The normalized spacial score (nSPS) is 11.0. The van der Waals surface area contributed by atoms with E-state index in [2.05, 4.69) is 5.32 Å². The van der Waals surface area contributed by atoms with Gasteiger partial charge in [-0.2, -0.15) is 0 Å². The number of hydrogen-bond donors (Lipinski definition) is 1. The average Bonchev–Trinajstić information content (AvgIpc) is 3.12. The first kappa shape index (κ1) is 19.9. The van der Waals surface area contributed by atoms with Crippen LogP contribution < -0.4 is 5.32 Å². The van der Waals surface area contributed by atoms with E-state index in [0.717, 1.165) is 0 Å². The molecule has 0 bridgehead atoms. The van der Waals surface area contributed by atoms with Crippen molar-refractivity contribution in [2.75, 3.05) is 5.32 Å². The second-order valence-electron chi connectivity index (χ2n) is 5.55. The van der Waals surface area contributed by atoms with Crippen LogP contribution in [0.4, 0.5) is 11.4 Å². The average molecular weight is 438 g/mol. The molecule has 2 aromatic carbocycles. The standard InChI is InChI=1S/C19H11Cl3N2O4/c20-14-7-4-11(10-16(14)24(26)27)23-18(25)9-6-12-5-8-17(28-12)13-2-1-3-15(21)19(13)22/h1-10H,(H,23,25). The van der Waals surface area contributed by atoms with Crippen molar-refractivity contribution >= 4 is 58.2 Å². The molecule has 1 amide bonds. The molecule has 1 heterocycles. The number of furan rings is 1. The summed E-state index contributed by atoms with van der Waals surface area (Å²) < 4.78 is 5.66. The number of hydrogen-bond acceptors (Lipinski definition) is 4. The molecule has 3 aromatic rings. The van der Waals surface area contributed by atoms with Gasteiger partial charge in [0, 0.05) is 23.4 Å². The van der Waals surface area contributed by atoms with Gasteiger partial charge in [-0.15, -0.1) is 0 Å². The van der Waals surface area contributed by atoms with Gasteiger partial charge in [0.2, 0.25) is 5.91 Å². The minimum Gasteiger partial charge on any atom is -0.457 e. The highest BCUT2D eigenvalue weighted by Crippen LogP contribution is 2.34. The first-order chi connectivity index (χ1) is 13.3. The molecule has 0 aliphatic rings. The van der Waals surface area contributed by atoms with Gasteiger partial charge in [-0.05, 0) is 42.5 Å². The van der Waals surface area contributed by atoms with Crippen molar-refractivity contribution in [2.24, 2.45) is 0 Å². The van der Waals surface area contributed by atoms with Crippen LogP contribution in [0.15, 0.2) is 59.0 Å². The number of carbonyl (C=O) groups excluding carboxylic acids is 1. The van der Waals surface area contributed by atoms with E-state index in [9.17, 15) is 14.9 Å². The predicted molar refractivity (Wildman–Crippen MR) is 110 cm³/mol. The largest absolute Gasteiger partial charge is 0.457 e. The van der Waals surface area contributed by atoms with Crippen LogP contribution in [0.25, 0.3) is 17.4 Å². The molecule has 1 aromatic heterocycles. The predicted octanol–water partition coefficient (Wildman–Crippen LogP) is 6.47. The van der Waals surface area contributed by atoms with Crippen LogP contribution in [0.2, 0.25) is 15.1 Å². The molecule has 1 N–H and O–H groups in total. The lowest BCUT2D eigenvalue weighted by molar-refractivity contribution is -0.384. The summed E-state index contributed by atoms with van der Waals surface area (Å²) in [5, 5.41) is 14.2. The van der Waals surface area contributed by atoms with E-state index in [1.165, 1.54) is 30.4 Å². The molecule has 6 nitrogen and oxygen atoms in total. The second-order valence-corrected chi connectivity index (χ2v) is 6.74. The van der Waals surface area contributed by atoms with E-state index in [1.54, 1.807) is 30.3 Å². The van der Waals surface area contributed by atoms with E-state index in [0.29, 0.717) is 27.1 Å². The smallest absolute Gasteiger partial charge is 0.289 e. The second kappa shape index (κ2) is 8.48. The number of nitrogens with zero attached hydrogens (tertiary/aromatic N) is 1. The van der Waals surface area contributed by atoms with Crippen LogP contribution in [0.5, 0.6) is 0 Å². The molecule has 28 heavy (non-hydrogen) atoms. The number of benzene rings is 2. The molecule has 0 aliphatic heterocycles. The fourth-order valence-electron chi connectivity index (χ4n) is 2.35. The fraction of sp³-hybridized carbons (Fsp3) is 0. The van der Waals surface area contributed by atoms with Crippen LogP contribution in [-0.4, -0.2) is 10.8 Å². The summed E-state index contributed by atoms with van der Waals surface area (Å²) in [7, 11) is 0. The summed E-state index contributed by atoms with van der Waals surface area (Å²) in [5.74, 6) is 0.430. The molecule has 0 unspecified atom stereocenters. The van der Waals surface area contributed by atoms with Crippen molar-refractivity contribution < 1.29 is 14.1 Å². The number of amides is 1. The van der Waals surface area contributed by atoms with Crippen molar-refractivity contribution in [3.05, 3.63) is 85.5 Å². The maximum atomic E-state index is 12.0. The number of nitro benzene ring substituents is 1. The van der Waals surface area contributed by atoms with E-state index < -0.39 is 10.8 Å². The minimum atomic E-state index is -0.626. The highest BCUT2D eigenvalue weighted by molar-refractivity contribution is 6.43. The van der Waals surface area contributed by atoms with E-state index in [-0.39, 0.29) is 16.4 Å². The molecular formula is C19H11Cl3N2O4. The maximum absolute atomic E-state index is 12.0. The zero-order valence-corrected chi connectivity index (χ0v) is 16.3. The molecule has 0 saturated carbocycles. The first-order valence-corrected chi connectivity index (χ1v) is 8.96. The zero-order chi connectivity index (χ0) is 20.3. The molecule has 0 fully saturated rings. The highest BCUT2D eigenvalue weighted by Gasteiger charge is 2.13. The van der Waals surface area contributed by atoms with Crippen molar-refractivity contribution in [1.29, 1.82) is 0 Å². The Kier molecular flexibility index (Phi) is 6.04. The van der Waals surface area contributed by atoms with Gasteiger partial charge in [0.1, 0.15) is 16.5 Å². The van der Waals surface area contributed by atoms with Crippen LogP contribution in [0.3, 0.4) is 0 Å². The van der Waals surface area contributed by atoms with Gasteiger partial charge in [-0.3, -0.25) is 14.9 Å². The van der Waals surface area contributed by atoms with Gasteiger partial charge in [0.25, 0.3) is 5.69 Å². The third-order valence-corrected chi connectivity index (χ3v) is 4.79. The zero-order valence-electron chi connectivity index (χ0n) is 14.0. The first-order valence-electron chi connectivity index (χ1n) is 7.82. The molecular weight excluding hydrogens is 427 g/mol. The van der Waals surface area contributed by atoms with E-state index in [4.69, 9.17) is 39.2 Å². The molecule has 0 atom stereocenters. The van der Waals surface area contributed by atoms with Crippen molar-refractivity contribution in [2.45, 2.75) is 0 Å². The fourth-order valence-corrected chi connectivity index (χ4v) is 2.93. The number of anilines is 1. The van der Waals surface area contributed by atoms with Crippen LogP contribution in [0.1, 0.15) is 5.76 Å². The summed E-state index contributed by atoms with van der Waals surface area (Å²) in [6.07, 6.45) is 2.70. The topological polar surface area (TPSA) is 85.4 Å². The number of rotatable bonds is 5. The molecule has 0 aliphatic carbocycles. The van der Waals surface area contributed by atoms with Crippen LogP contribution in [0, 0.1) is 10.1 Å². The van der Waals surface area contributed by atoms with Gasteiger partial charge >= 0.3 is 0 Å². The molecule has 142 valence electrons. The Morgan fingerprint density at radius 1 is 1.07 bits per heavy atom. The lowest BCUT2D eigenvalue weighted by atomic mass is 10.2. The Bertz CT molecular complexity index is 1090. The minimum absolute atomic E-state index is 0.0127. The number of nitro groups is 1. The van der Waals surface area contributed by atoms with Crippen molar-refractivity contribution in [1.82, 2.24) is 0 Å². The van der Waals surface area contributed by atoms with E-state index >= 15 is 0 Å². The molecule has 3 rings (SSSR count). The van der Waals surface area contributed by atoms with E-state index in [1.807, 2.05) is 0 Å². The molecule has 0 spiro atoms. The number of carbonyl (C=O) groups is 1. The summed E-state index contributed by atoms with van der Waals surface area (Å²) in [5.41, 5.74) is 0.584. The summed E-state index contributed by atoms with van der Waals surface area (Å²) in [6, 6.07) is 12.5. The lowest BCUT2D eigenvalue weighted by Gasteiger charge is -2.03. The molecule has 9 heteroatoms. The third-order valence-electron chi connectivity index (χ3n) is 3.65. The Morgan fingerprint density at radius 2 is 1.86 bits per heavy atom. The number of nitrogens with one attached hydrogen (secondary N) is 1. The number of halogens is 3. The quantitative estimate of drug-likeness (QED) is 0.282. The van der Waals surface area contributed by atoms with Crippen LogP contribution >= 0.6 is 34.8 Å². The SMILES string of the molecule is O=C(C=Cc1ccc(-c2cccc(Cl)c2Cl)o1)Nc1ccc(Cl)c([N+](=O)[O-])c1. The summed E-state index contributed by atoms with van der Waals surface area (Å²) in [6.45, 7) is 0. The van der Waals surface area contributed by atoms with Gasteiger partial charge in [0.15, 0.2) is 0 Å². The van der Waals surface area contributed by atoms with Crippen molar-refractivity contribution in [3.63, 3.8) is 0 Å². The Labute approximate surface area is 174 Å². The Balaban J connectivity index is 1.72. The third kappa shape index (κ3) is 4.54. The van der Waals surface area contributed by atoms with Gasteiger partial charge in [0.05, 0.1) is 15.0 Å². The molecule has 0 radical (unpaired) electrons. The highest BCUT2D eigenvalue weighted by atomic mass is 35.5. The maximum Gasteiger partial charge on any atom is 0.289 e. The summed E-state index contributed by atoms with van der Waals surface area (Å²) in [4.78, 5) is 22.3. The monoisotopic (exact) mass is 436 g/mol. The van der Waals surface area contributed by atoms with Gasteiger partial charge in [-0.25, -0.2) is 0 Å². The van der Waals surface area contributed by atoms with Crippen LogP contribution in [-0.2, 0) is 4.79 Å². The Morgan fingerprint density at radius 3 is 2.61 bits per heavy atom. The Hall–Kier alpha value is -2.80.